The summed E-state index contributed by atoms with van der Waals surface area (Å²) in [5.74, 6) is 1.40. The predicted molar refractivity (Wildman–Crippen MR) is 74.5 cm³/mol. The van der Waals surface area contributed by atoms with Crippen molar-refractivity contribution >= 4 is 28.6 Å². The highest BCUT2D eigenvalue weighted by Crippen LogP contribution is 2.57. The third kappa shape index (κ3) is 1.51. The lowest BCUT2D eigenvalue weighted by atomic mass is 10.1. The van der Waals surface area contributed by atoms with Crippen LogP contribution in [0.4, 0.5) is 5.82 Å². The zero-order valence-electron chi connectivity index (χ0n) is 10.9. The zero-order chi connectivity index (χ0) is 14.0. The van der Waals surface area contributed by atoms with E-state index in [1.54, 1.807) is 13.4 Å². The second-order valence-electron chi connectivity index (χ2n) is 5.54. The van der Waals surface area contributed by atoms with Gasteiger partial charge < -0.3 is 20.7 Å². The minimum Gasteiger partial charge on any atom is -0.389 e. The van der Waals surface area contributed by atoms with Crippen LogP contribution in [-0.2, 0) is 0 Å². The van der Waals surface area contributed by atoms with E-state index in [2.05, 4.69) is 20.3 Å². The van der Waals surface area contributed by atoms with Crippen LogP contribution in [0.1, 0.15) is 12.5 Å². The highest BCUT2D eigenvalue weighted by molar-refractivity contribution is 6.28. The second-order valence-corrected chi connectivity index (χ2v) is 5.88. The number of anilines is 1. The Labute approximate surface area is 120 Å². The van der Waals surface area contributed by atoms with E-state index in [0.717, 1.165) is 6.42 Å². The maximum absolute atomic E-state index is 10.3. The summed E-state index contributed by atoms with van der Waals surface area (Å²) in [5.41, 5.74) is 7.33. The first kappa shape index (κ1) is 12.3. The van der Waals surface area contributed by atoms with Crippen LogP contribution < -0.4 is 11.1 Å². The van der Waals surface area contributed by atoms with Gasteiger partial charge in [0.1, 0.15) is 0 Å². The third-order valence-corrected chi connectivity index (χ3v) is 4.69. The molecule has 7 nitrogen and oxygen atoms in total. The molecule has 2 saturated carbocycles. The van der Waals surface area contributed by atoms with Crippen molar-refractivity contribution in [1.29, 1.82) is 0 Å². The van der Waals surface area contributed by atoms with Gasteiger partial charge in [-0.1, -0.05) is 0 Å². The fourth-order valence-corrected chi connectivity index (χ4v) is 3.62. The van der Waals surface area contributed by atoms with E-state index in [1.165, 1.54) is 0 Å². The molecule has 8 heteroatoms. The van der Waals surface area contributed by atoms with Gasteiger partial charge in [-0.2, -0.15) is 9.97 Å². The first-order chi connectivity index (χ1) is 9.61. The van der Waals surface area contributed by atoms with E-state index in [4.69, 9.17) is 17.3 Å². The largest absolute Gasteiger partial charge is 0.389 e. The van der Waals surface area contributed by atoms with E-state index < -0.39 is 6.10 Å². The van der Waals surface area contributed by atoms with Gasteiger partial charge in [0, 0.05) is 13.1 Å². The molecule has 2 fully saturated rings. The molecule has 2 aromatic rings. The first-order valence-corrected chi connectivity index (χ1v) is 7.01. The molecule has 0 aromatic carbocycles. The molecular weight excluding hydrogens is 280 g/mol. The van der Waals surface area contributed by atoms with E-state index in [9.17, 15) is 5.11 Å². The van der Waals surface area contributed by atoms with Gasteiger partial charge >= 0.3 is 0 Å². The normalized spacial score (nSPS) is 35.3. The third-order valence-electron chi connectivity index (χ3n) is 4.52. The van der Waals surface area contributed by atoms with Crippen LogP contribution in [0, 0.1) is 11.8 Å². The molecule has 4 N–H and O–H groups in total. The van der Waals surface area contributed by atoms with Crippen molar-refractivity contribution in [3.05, 3.63) is 11.6 Å². The maximum atomic E-state index is 10.3. The Morgan fingerprint density at radius 1 is 1.45 bits per heavy atom. The zero-order valence-corrected chi connectivity index (χ0v) is 11.6. The van der Waals surface area contributed by atoms with Crippen LogP contribution >= 0.6 is 11.6 Å². The number of nitrogens with zero attached hydrogens (tertiary/aromatic N) is 4. The van der Waals surface area contributed by atoms with Gasteiger partial charge in [-0.25, -0.2) is 4.98 Å². The molecule has 0 spiro atoms. The molecule has 4 rings (SSSR count). The van der Waals surface area contributed by atoms with Gasteiger partial charge in [0.2, 0.25) is 5.28 Å². The molecule has 0 amide bonds. The molecule has 0 unspecified atom stereocenters. The maximum Gasteiger partial charge on any atom is 0.226 e. The molecular formula is C12H15ClN6O. The minimum absolute atomic E-state index is 0.0735. The Bertz CT molecular complexity index is 688. The summed E-state index contributed by atoms with van der Waals surface area (Å²) in [5, 5.41) is 13.4. The van der Waals surface area contributed by atoms with Crippen molar-refractivity contribution in [3.63, 3.8) is 0 Å². The molecule has 5 atom stereocenters. The SMILES string of the molecule is CNc1nc(Cl)nc2c1ncn2[C@H]1[C@H](O)[C@H](N)[C@H]2C[C@H]21. The monoisotopic (exact) mass is 294 g/mol. The Morgan fingerprint density at radius 3 is 2.90 bits per heavy atom. The Kier molecular flexibility index (Phi) is 2.48. The molecule has 2 aliphatic rings. The lowest BCUT2D eigenvalue weighted by molar-refractivity contribution is 0.104. The summed E-state index contributed by atoms with van der Waals surface area (Å²) in [6.45, 7) is 0. The van der Waals surface area contributed by atoms with E-state index in [-0.39, 0.29) is 17.4 Å². The van der Waals surface area contributed by atoms with Crippen LogP contribution in [0.2, 0.25) is 5.28 Å². The lowest BCUT2D eigenvalue weighted by Crippen LogP contribution is -2.37. The number of aliphatic hydroxyl groups excluding tert-OH is 1. The number of imidazole rings is 1. The highest BCUT2D eigenvalue weighted by atomic mass is 35.5. The number of halogens is 1. The van der Waals surface area contributed by atoms with Crippen LogP contribution in [0.25, 0.3) is 11.2 Å². The van der Waals surface area contributed by atoms with E-state index >= 15 is 0 Å². The summed E-state index contributed by atoms with van der Waals surface area (Å²) in [6, 6.07) is -0.237. The summed E-state index contributed by atoms with van der Waals surface area (Å²) < 4.78 is 1.89. The van der Waals surface area contributed by atoms with Crippen molar-refractivity contribution < 1.29 is 5.11 Å². The minimum atomic E-state index is -0.567. The number of hydrogen-bond donors (Lipinski definition) is 3. The average Bonchev–Trinajstić information content (AvgIpc) is 3.04. The van der Waals surface area contributed by atoms with Crippen molar-refractivity contribution in [2.24, 2.45) is 17.6 Å². The molecule has 0 aliphatic heterocycles. The van der Waals surface area contributed by atoms with E-state index in [1.807, 2.05) is 4.57 Å². The highest BCUT2D eigenvalue weighted by Gasteiger charge is 2.59. The predicted octanol–water partition coefficient (Wildman–Crippen LogP) is 0.400. The number of nitrogens with two attached hydrogens (primary N) is 1. The quantitative estimate of drug-likeness (QED) is 0.693. The Morgan fingerprint density at radius 2 is 2.25 bits per heavy atom. The molecule has 2 aromatic heterocycles. The smallest absolute Gasteiger partial charge is 0.226 e. The number of aliphatic hydroxyl groups is 1. The molecule has 0 saturated heterocycles. The van der Waals surface area contributed by atoms with Gasteiger partial charge in [-0.3, -0.25) is 0 Å². The Hall–Kier alpha value is -1.44. The Balaban J connectivity index is 1.87. The molecule has 0 radical (unpaired) electrons. The topological polar surface area (TPSA) is 102 Å². The van der Waals surface area contributed by atoms with Crippen molar-refractivity contribution in [2.75, 3.05) is 12.4 Å². The van der Waals surface area contributed by atoms with E-state index in [0.29, 0.717) is 28.8 Å². The summed E-state index contributed by atoms with van der Waals surface area (Å²) in [6.07, 6.45) is 2.18. The summed E-state index contributed by atoms with van der Waals surface area (Å²) >= 11 is 5.96. The molecule has 20 heavy (non-hydrogen) atoms. The van der Waals surface area contributed by atoms with Gasteiger partial charge in [0.25, 0.3) is 0 Å². The first-order valence-electron chi connectivity index (χ1n) is 6.63. The van der Waals surface area contributed by atoms with Crippen LogP contribution in [0.3, 0.4) is 0 Å². The van der Waals surface area contributed by atoms with Crippen LogP contribution in [0.15, 0.2) is 6.33 Å². The van der Waals surface area contributed by atoms with Crippen molar-refractivity contribution in [3.8, 4) is 0 Å². The average molecular weight is 295 g/mol. The molecule has 2 heterocycles. The standard InChI is InChI=1S/C12H15ClN6O/c1-15-10-7-11(18-12(13)17-10)19(3-16-7)8-5-2-4(5)6(14)9(8)20/h3-6,8-9,20H,2,14H2,1H3,(H,15,17,18)/t4-,5+,6+,8+,9+/m0/s1. The number of fused-ring (bicyclic) bond motifs is 2. The number of rotatable bonds is 2. The van der Waals surface area contributed by atoms with Crippen LogP contribution in [-0.4, -0.2) is 43.8 Å². The van der Waals surface area contributed by atoms with Gasteiger partial charge in [0.05, 0.1) is 18.5 Å². The number of aromatic nitrogens is 4. The molecule has 106 valence electrons. The van der Waals surface area contributed by atoms with Crippen molar-refractivity contribution in [1.82, 2.24) is 19.5 Å². The molecule has 0 bridgehead atoms. The van der Waals surface area contributed by atoms with Gasteiger partial charge in [-0.15, -0.1) is 0 Å². The number of hydrogen-bond acceptors (Lipinski definition) is 6. The molecule has 2 aliphatic carbocycles. The van der Waals surface area contributed by atoms with Crippen LogP contribution in [0.5, 0.6) is 0 Å². The van der Waals surface area contributed by atoms with Gasteiger partial charge in [0.15, 0.2) is 17.0 Å². The lowest BCUT2D eigenvalue weighted by Gasteiger charge is -2.22. The van der Waals surface area contributed by atoms with Crippen molar-refractivity contribution in [2.45, 2.75) is 24.6 Å². The summed E-state index contributed by atoms with van der Waals surface area (Å²) in [7, 11) is 1.76. The summed E-state index contributed by atoms with van der Waals surface area (Å²) in [4.78, 5) is 12.7. The van der Waals surface area contributed by atoms with Gasteiger partial charge in [-0.05, 0) is 29.9 Å². The fourth-order valence-electron chi connectivity index (χ4n) is 3.46. The fraction of sp³-hybridized carbons (Fsp3) is 0.583. The number of nitrogens with one attached hydrogen (secondary N) is 1. The second kappa shape index (κ2) is 4.03.